The molecular weight excluding hydrogens is 170 g/mol. The fourth-order valence-corrected chi connectivity index (χ4v) is 0.850. The van der Waals surface area contributed by atoms with Gasteiger partial charge in [-0.25, -0.2) is 0 Å². The van der Waals surface area contributed by atoms with Gasteiger partial charge in [0.2, 0.25) is 0 Å². The van der Waals surface area contributed by atoms with Crippen LogP contribution in [0, 0.1) is 12.1 Å². The molecule has 0 aliphatic carbocycles. The summed E-state index contributed by atoms with van der Waals surface area (Å²) in [4.78, 5) is 10.4. The van der Waals surface area contributed by atoms with E-state index in [9.17, 15) is 4.79 Å². The maximum Gasteiger partial charge on any atom is 0.320 e. The molecule has 68 valence electrons. The van der Waals surface area contributed by atoms with Gasteiger partial charge in [0.25, 0.3) is 0 Å². The fraction of sp³-hybridized carbons (Fsp3) is 0.222. The molecule has 1 aromatic carbocycles. The van der Waals surface area contributed by atoms with Crippen LogP contribution in [-0.4, -0.2) is 22.2 Å². The number of rotatable bonds is 3. The molecule has 0 radical (unpaired) electrons. The predicted octanol–water partition coefficient (Wildman–Crippen LogP) is -0.0530. The van der Waals surface area contributed by atoms with Crippen LogP contribution in [0.5, 0.6) is 5.75 Å². The van der Waals surface area contributed by atoms with Gasteiger partial charge in [-0.05, 0) is 18.2 Å². The number of carboxylic acid groups (broad SMARTS) is 1. The fourth-order valence-electron chi connectivity index (χ4n) is 0.850. The van der Waals surface area contributed by atoms with Gasteiger partial charge in [0.1, 0.15) is 6.04 Å². The third-order valence-electron chi connectivity index (χ3n) is 1.55. The molecule has 0 saturated carbocycles. The lowest BCUT2D eigenvalue weighted by Crippen LogP contribution is -2.32. The molecule has 4 N–H and O–H groups in total. The van der Waals surface area contributed by atoms with Gasteiger partial charge >= 0.3 is 5.97 Å². The summed E-state index contributed by atoms with van der Waals surface area (Å²) >= 11 is 0. The summed E-state index contributed by atoms with van der Waals surface area (Å²) in [7, 11) is 0. The molecular formula is C9H9NO3. The zero-order valence-electron chi connectivity index (χ0n) is 6.82. The third-order valence-corrected chi connectivity index (χ3v) is 1.55. The first-order valence-electron chi connectivity index (χ1n) is 3.70. The lowest BCUT2D eigenvalue weighted by Gasteiger charge is -2.03. The molecule has 0 aromatic heterocycles. The van der Waals surface area contributed by atoms with Crippen molar-refractivity contribution in [1.29, 1.82) is 0 Å². The van der Waals surface area contributed by atoms with Crippen LogP contribution in [0.25, 0.3) is 0 Å². The molecule has 1 rings (SSSR count). The van der Waals surface area contributed by atoms with Gasteiger partial charge in [-0.2, -0.15) is 0 Å². The Balaban J connectivity index is 2.64. The van der Waals surface area contributed by atoms with Crippen LogP contribution in [0.3, 0.4) is 0 Å². The lowest BCUT2D eigenvalue weighted by molar-refractivity contribution is -0.138. The van der Waals surface area contributed by atoms with Crippen LogP contribution in [0.2, 0.25) is 0 Å². The Hall–Kier alpha value is -1.73. The molecule has 0 saturated heterocycles. The molecule has 0 aliphatic rings. The van der Waals surface area contributed by atoms with Gasteiger partial charge in [0.15, 0.2) is 5.75 Å². The van der Waals surface area contributed by atoms with Gasteiger partial charge in [-0.15, -0.1) is 0 Å². The molecule has 4 heteroatoms. The highest BCUT2D eigenvalue weighted by Crippen LogP contribution is 2.05. The van der Waals surface area contributed by atoms with E-state index in [0.717, 1.165) is 0 Å². The Morgan fingerprint density at radius 1 is 1.54 bits per heavy atom. The molecule has 13 heavy (non-hydrogen) atoms. The minimum absolute atomic E-state index is 0.0207. The van der Waals surface area contributed by atoms with E-state index in [1.165, 1.54) is 6.07 Å². The Morgan fingerprint density at radius 3 is 2.69 bits per heavy atom. The van der Waals surface area contributed by atoms with Gasteiger partial charge in [0.05, 0.1) is 0 Å². The standard InChI is InChI=1S/C9H9NO3/c10-8(9(12)13)5-6-1-3-7(11)4-2-6/h1,3,8,11H,5,10H2,(H,12,13). The predicted molar refractivity (Wildman–Crippen MR) is 45.1 cm³/mol. The van der Waals surface area contributed by atoms with Crippen molar-refractivity contribution in [3.63, 3.8) is 0 Å². The van der Waals surface area contributed by atoms with E-state index in [-0.39, 0.29) is 12.2 Å². The first-order valence-corrected chi connectivity index (χ1v) is 3.70. The van der Waals surface area contributed by atoms with Crippen LogP contribution in [-0.2, 0) is 11.2 Å². The molecule has 1 unspecified atom stereocenters. The van der Waals surface area contributed by atoms with E-state index < -0.39 is 12.0 Å². The minimum atomic E-state index is -1.05. The smallest absolute Gasteiger partial charge is 0.320 e. The first kappa shape index (κ1) is 9.36. The van der Waals surface area contributed by atoms with E-state index in [1.54, 1.807) is 6.07 Å². The second kappa shape index (κ2) is 3.78. The Labute approximate surface area is 75.6 Å². The van der Waals surface area contributed by atoms with Crippen molar-refractivity contribution >= 4 is 5.97 Å². The van der Waals surface area contributed by atoms with E-state index in [1.807, 2.05) is 0 Å². The summed E-state index contributed by atoms with van der Waals surface area (Å²) in [6.07, 6.45) is 0.187. The maximum atomic E-state index is 10.4. The van der Waals surface area contributed by atoms with E-state index in [0.29, 0.717) is 5.56 Å². The normalized spacial score (nSPS) is 11.8. The summed E-state index contributed by atoms with van der Waals surface area (Å²) in [6.45, 7) is 0. The summed E-state index contributed by atoms with van der Waals surface area (Å²) in [6, 6.07) is 7.08. The molecule has 1 aromatic rings. The molecule has 0 bridgehead atoms. The highest BCUT2D eigenvalue weighted by atomic mass is 16.4. The topological polar surface area (TPSA) is 83.5 Å². The Bertz CT molecular complexity index is 294. The number of carbonyl (C=O) groups is 1. The summed E-state index contributed by atoms with van der Waals surface area (Å²) in [5, 5.41) is 17.4. The number of nitrogens with two attached hydrogens (primary N) is 1. The van der Waals surface area contributed by atoms with Gasteiger partial charge in [-0.3, -0.25) is 4.79 Å². The number of aliphatic carboxylic acids is 1. The van der Waals surface area contributed by atoms with Crippen molar-refractivity contribution in [3.8, 4) is 5.75 Å². The quantitative estimate of drug-likeness (QED) is 0.607. The number of hydrogen-bond donors (Lipinski definition) is 3. The Morgan fingerprint density at radius 2 is 2.23 bits per heavy atom. The van der Waals surface area contributed by atoms with Crippen molar-refractivity contribution in [2.75, 3.05) is 0 Å². The second-order valence-electron chi connectivity index (χ2n) is 2.64. The van der Waals surface area contributed by atoms with Crippen LogP contribution in [0.4, 0.5) is 0 Å². The summed E-state index contributed by atoms with van der Waals surface area (Å²) < 4.78 is 0. The molecule has 0 aliphatic heterocycles. The molecule has 0 spiro atoms. The molecule has 0 heterocycles. The highest BCUT2D eigenvalue weighted by molar-refractivity contribution is 5.73. The first-order chi connectivity index (χ1) is 6.09. The summed E-state index contributed by atoms with van der Waals surface area (Å²) in [5.41, 5.74) is 5.91. The Kier molecular flexibility index (Phi) is 2.72. The average Bonchev–Trinajstić information content (AvgIpc) is 2.08. The summed E-state index contributed by atoms with van der Waals surface area (Å²) in [5.74, 6) is -1.07. The van der Waals surface area contributed by atoms with Crippen molar-refractivity contribution in [2.45, 2.75) is 12.5 Å². The molecule has 0 amide bonds. The largest absolute Gasteiger partial charge is 0.501 e. The van der Waals surface area contributed by atoms with Gasteiger partial charge in [0, 0.05) is 12.0 Å². The van der Waals surface area contributed by atoms with E-state index in [4.69, 9.17) is 15.9 Å². The van der Waals surface area contributed by atoms with Crippen LogP contribution in [0.15, 0.2) is 12.1 Å². The zero-order valence-corrected chi connectivity index (χ0v) is 6.82. The second-order valence-corrected chi connectivity index (χ2v) is 2.64. The average molecular weight is 179 g/mol. The van der Waals surface area contributed by atoms with Crippen LogP contribution < -0.4 is 5.73 Å². The molecule has 1 atom stereocenters. The molecule has 4 nitrogen and oxygen atoms in total. The number of hydrogen-bond acceptors (Lipinski definition) is 3. The van der Waals surface area contributed by atoms with Crippen molar-refractivity contribution in [3.05, 3.63) is 29.8 Å². The monoisotopic (exact) mass is 179 g/mol. The van der Waals surface area contributed by atoms with Crippen molar-refractivity contribution in [1.82, 2.24) is 0 Å². The van der Waals surface area contributed by atoms with Crippen LogP contribution >= 0.6 is 0 Å². The zero-order chi connectivity index (χ0) is 9.84. The SMILES string of the molecule is NC(Cc1c#cc(O)cc1)C(=O)O. The van der Waals surface area contributed by atoms with E-state index in [2.05, 4.69) is 12.1 Å². The van der Waals surface area contributed by atoms with E-state index >= 15 is 0 Å². The molecule has 0 fully saturated rings. The van der Waals surface area contributed by atoms with Gasteiger partial charge in [-0.1, -0.05) is 6.07 Å². The number of aromatic hydroxyl groups is 1. The van der Waals surface area contributed by atoms with Crippen molar-refractivity contribution < 1.29 is 15.0 Å². The lowest BCUT2D eigenvalue weighted by atomic mass is 10.1. The number of carboxylic acids is 1. The maximum absolute atomic E-state index is 10.4. The van der Waals surface area contributed by atoms with Crippen molar-refractivity contribution in [2.24, 2.45) is 5.73 Å². The highest BCUT2D eigenvalue weighted by Gasteiger charge is 2.11. The van der Waals surface area contributed by atoms with Gasteiger partial charge < -0.3 is 15.9 Å². The third kappa shape index (κ3) is 2.65. The minimum Gasteiger partial charge on any atom is -0.501 e. The van der Waals surface area contributed by atoms with Crippen LogP contribution in [0.1, 0.15) is 5.56 Å².